The summed E-state index contributed by atoms with van der Waals surface area (Å²) in [5, 5.41) is 8.44. The lowest BCUT2D eigenvalue weighted by molar-refractivity contribution is -0.137. The molecule has 0 bridgehead atoms. The van der Waals surface area contributed by atoms with E-state index in [9.17, 15) is 4.79 Å². The highest BCUT2D eigenvalue weighted by Crippen LogP contribution is 2.15. The summed E-state index contributed by atoms with van der Waals surface area (Å²) >= 11 is 0. The number of hydrogen-bond acceptors (Lipinski definition) is 1. The highest BCUT2D eigenvalue weighted by Gasteiger charge is 2.03. The predicted octanol–water partition coefficient (Wildman–Crippen LogP) is 3.46. The van der Waals surface area contributed by atoms with Crippen LogP contribution < -0.4 is 0 Å². The molecule has 2 nitrogen and oxygen atoms in total. The number of carboxylic acid groups (broad SMARTS) is 1. The molecule has 0 spiro atoms. The van der Waals surface area contributed by atoms with Gasteiger partial charge in [-0.25, -0.2) is 0 Å². The number of unbranched alkanes of at least 4 members (excludes halogenated alkanes) is 2. The maximum atomic E-state index is 10.2. The third kappa shape index (κ3) is 9.38. The Morgan fingerprint density at radius 3 is 2.38 bits per heavy atom. The molecule has 0 radical (unpaired) electrons. The molecule has 0 amide bonds. The van der Waals surface area contributed by atoms with Gasteiger partial charge < -0.3 is 5.11 Å². The van der Waals surface area contributed by atoms with Gasteiger partial charge in [-0.2, -0.15) is 0 Å². The van der Waals surface area contributed by atoms with Gasteiger partial charge in [0.2, 0.25) is 0 Å². The van der Waals surface area contributed by atoms with E-state index in [0.717, 1.165) is 12.8 Å². The highest BCUT2D eigenvalue weighted by atomic mass is 16.4. The van der Waals surface area contributed by atoms with Crippen LogP contribution in [-0.2, 0) is 4.79 Å². The molecule has 0 rings (SSSR count). The second-order valence-corrected chi connectivity index (χ2v) is 3.89. The Hall–Kier alpha value is -0.530. The molecular formula is C11H22O2. The minimum absolute atomic E-state index is 0.331. The Balaban J connectivity index is 3.19. The van der Waals surface area contributed by atoms with E-state index in [2.05, 4.69) is 13.8 Å². The molecular weight excluding hydrogens is 164 g/mol. The van der Waals surface area contributed by atoms with E-state index in [0.29, 0.717) is 12.3 Å². The number of hydrogen-bond donors (Lipinski definition) is 1. The number of aliphatic carboxylic acids is 1. The minimum Gasteiger partial charge on any atom is -0.481 e. The SMILES string of the molecule is CCCCC[C@H](C)CCCC(=O)O. The molecule has 0 aromatic heterocycles. The van der Waals surface area contributed by atoms with Gasteiger partial charge in [-0.1, -0.05) is 46.0 Å². The molecule has 1 atom stereocenters. The molecule has 0 saturated heterocycles. The Bertz CT molecular complexity index is 132. The van der Waals surface area contributed by atoms with Gasteiger partial charge in [-0.3, -0.25) is 4.79 Å². The molecule has 1 N–H and O–H groups in total. The van der Waals surface area contributed by atoms with E-state index in [1.807, 2.05) is 0 Å². The van der Waals surface area contributed by atoms with Crippen molar-refractivity contribution in [2.45, 2.75) is 58.8 Å². The van der Waals surface area contributed by atoms with Gasteiger partial charge in [0.25, 0.3) is 0 Å². The average Bonchev–Trinajstić information content (AvgIpc) is 2.04. The first-order valence-corrected chi connectivity index (χ1v) is 5.38. The first-order chi connectivity index (χ1) is 6.16. The zero-order chi connectivity index (χ0) is 10.1. The van der Waals surface area contributed by atoms with E-state index >= 15 is 0 Å². The van der Waals surface area contributed by atoms with E-state index in [1.165, 1.54) is 25.7 Å². The lowest BCUT2D eigenvalue weighted by atomic mass is 9.97. The van der Waals surface area contributed by atoms with E-state index in [-0.39, 0.29) is 0 Å². The molecule has 0 unspecified atom stereocenters. The van der Waals surface area contributed by atoms with Crippen LogP contribution in [0.25, 0.3) is 0 Å². The van der Waals surface area contributed by atoms with Crippen LogP contribution in [0, 0.1) is 5.92 Å². The minimum atomic E-state index is -0.666. The van der Waals surface area contributed by atoms with Crippen molar-refractivity contribution >= 4 is 5.97 Å². The van der Waals surface area contributed by atoms with Crippen LogP contribution in [0.3, 0.4) is 0 Å². The lowest BCUT2D eigenvalue weighted by Crippen LogP contribution is -1.99. The standard InChI is InChI=1S/C11H22O2/c1-3-4-5-7-10(2)8-6-9-11(12)13/h10H,3-9H2,1-2H3,(H,12,13)/t10-/m0/s1. The molecule has 0 aliphatic heterocycles. The second kappa shape index (κ2) is 8.09. The number of carbonyl (C=O) groups is 1. The normalized spacial score (nSPS) is 12.8. The fourth-order valence-electron chi connectivity index (χ4n) is 1.49. The summed E-state index contributed by atoms with van der Waals surface area (Å²) in [6, 6.07) is 0. The van der Waals surface area contributed by atoms with Gasteiger partial charge in [0.15, 0.2) is 0 Å². The monoisotopic (exact) mass is 186 g/mol. The Morgan fingerprint density at radius 2 is 1.85 bits per heavy atom. The summed E-state index contributed by atoms with van der Waals surface area (Å²) in [6.45, 7) is 4.42. The van der Waals surface area contributed by atoms with Gasteiger partial charge in [0.1, 0.15) is 0 Å². The molecule has 0 aliphatic rings. The molecule has 78 valence electrons. The zero-order valence-electron chi connectivity index (χ0n) is 8.88. The Labute approximate surface area is 81.3 Å². The lowest BCUT2D eigenvalue weighted by Gasteiger charge is -2.09. The molecule has 0 aromatic rings. The van der Waals surface area contributed by atoms with Crippen LogP contribution in [-0.4, -0.2) is 11.1 Å². The molecule has 13 heavy (non-hydrogen) atoms. The fourth-order valence-corrected chi connectivity index (χ4v) is 1.49. The summed E-state index contributed by atoms with van der Waals surface area (Å²) in [4.78, 5) is 10.2. The summed E-state index contributed by atoms with van der Waals surface area (Å²) in [7, 11) is 0. The van der Waals surface area contributed by atoms with Crippen molar-refractivity contribution in [1.29, 1.82) is 0 Å². The van der Waals surface area contributed by atoms with E-state index in [4.69, 9.17) is 5.11 Å². The van der Waals surface area contributed by atoms with E-state index in [1.54, 1.807) is 0 Å². The van der Waals surface area contributed by atoms with Crippen molar-refractivity contribution in [3.8, 4) is 0 Å². The van der Waals surface area contributed by atoms with Crippen LogP contribution in [0.2, 0.25) is 0 Å². The average molecular weight is 186 g/mol. The zero-order valence-corrected chi connectivity index (χ0v) is 8.88. The molecule has 2 heteroatoms. The maximum Gasteiger partial charge on any atom is 0.303 e. The highest BCUT2D eigenvalue weighted by molar-refractivity contribution is 5.66. The van der Waals surface area contributed by atoms with Crippen molar-refractivity contribution in [3.63, 3.8) is 0 Å². The number of carboxylic acids is 1. The van der Waals surface area contributed by atoms with Gasteiger partial charge in [0, 0.05) is 6.42 Å². The van der Waals surface area contributed by atoms with Gasteiger partial charge in [0.05, 0.1) is 0 Å². The quantitative estimate of drug-likeness (QED) is 0.589. The van der Waals surface area contributed by atoms with Crippen molar-refractivity contribution in [2.24, 2.45) is 5.92 Å². The van der Waals surface area contributed by atoms with Crippen molar-refractivity contribution in [2.75, 3.05) is 0 Å². The first-order valence-electron chi connectivity index (χ1n) is 5.38. The third-order valence-electron chi connectivity index (χ3n) is 2.39. The summed E-state index contributed by atoms with van der Waals surface area (Å²) in [6.07, 6.45) is 7.36. The summed E-state index contributed by atoms with van der Waals surface area (Å²) in [5.41, 5.74) is 0. The Kier molecular flexibility index (Phi) is 7.76. The van der Waals surface area contributed by atoms with Crippen molar-refractivity contribution in [3.05, 3.63) is 0 Å². The molecule has 0 aliphatic carbocycles. The van der Waals surface area contributed by atoms with Crippen LogP contribution in [0.15, 0.2) is 0 Å². The van der Waals surface area contributed by atoms with Crippen LogP contribution in [0.4, 0.5) is 0 Å². The fraction of sp³-hybridized carbons (Fsp3) is 0.909. The second-order valence-electron chi connectivity index (χ2n) is 3.89. The molecule has 0 fully saturated rings. The Morgan fingerprint density at radius 1 is 1.23 bits per heavy atom. The maximum absolute atomic E-state index is 10.2. The van der Waals surface area contributed by atoms with Crippen molar-refractivity contribution < 1.29 is 9.90 Å². The molecule has 0 aromatic carbocycles. The van der Waals surface area contributed by atoms with E-state index < -0.39 is 5.97 Å². The largest absolute Gasteiger partial charge is 0.481 e. The topological polar surface area (TPSA) is 37.3 Å². The van der Waals surface area contributed by atoms with Gasteiger partial charge in [-0.05, 0) is 12.3 Å². The summed E-state index contributed by atoms with van der Waals surface area (Å²) in [5.74, 6) is 0.0339. The van der Waals surface area contributed by atoms with Crippen molar-refractivity contribution in [1.82, 2.24) is 0 Å². The van der Waals surface area contributed by atoms with Crippen LogP contribution >= 0.6 is 0 Å². The van der Waals surface area contributed by atoms with Crippen LogP contribution in [0.5, 0.6) is 0 Å². The molecule has 0 saturated carbocycles. The predicted molar refractivity (Wildman–Crippen MR) is 54.8 cm³/mol. The van der Waals surface area contributed by atoms with Gasteiger partial charge in [-0.15, -0.1) is 0 Å². The third-order valence-corrected chi connectivity index (χ3v) is 2.39. The first kappa shape index (κ1) is 12.5. The van der Waals surface area contributed by atoms with Gasteiger partial charge >= 0.3 is 5.97 Å². The number of rotatable bonds is 8. The molecule has 0 heterocycles. The van der Waals surface area contributed by atoms with Crippen LogP contribution in [0.1, 0.15) is 58.8 Å². The summed E-state index contributed by atoms with van der Waals surface area (Å²) < 4.78 is 0. The smallest absolute Gasteiger partial charge is 0.303 e.